The Morgan fingerprint density at radius 2 is 2.18 bits per heavy atom. The van der Waals surface area contributed by atoms with Crippen LogP contribution >= 0.6 is 34.5 Å². The molecule has 0 aliphatic heterocycles. The van der Waals surface area contributed by atoms with Crippen LogP contribution in [-0.2, 0) is 6.54 Å². The summed E-state index contributed by atoms with van der Waals surface area (Å²) in [6.07, 6.45) is 1.48. The van der Waals surface area contributed by atoms with Gasteiger partial charge in [0.25, 0.3) is 0 Å². The van der Waals surface area contributed by atoms with Gasteiger partial charge < -0.3 is 5.32 Å². The molecule has 8 heteroatoms. The third kappa shape index (κ3) is 3.19. The van der Waals surface area contributed by atoms with Crippen LogP contribution in [0.5, 0.6) is 0 Å². The van der Waals surface area contributed by atoms with Gasteiger partial charge in [0.2, 0.25) is 5.95 Å². The molecule has 0 radical (unpaired) electrons. The van der Waals surface area contributed by atoms with Crippen molar-refractivity contribution in [1.82, 2.24) is 9.97 Å². The molecule has 0 aromatic carbocycles. The van der Waals surface area contributed by atoms with Crippen molar-refractivity contribution >= 4 is 46.3 Å². The third-order valence-corrected chi connectivity index (χ3v) is 3.44. The quantitative estimate of drug-likeness (QED) is 0.596. The summed E-state index contributed by atoms with van der Waals surface area (Å²) >= 11 is 13.3. The molecule has 2 heterocycles. The number of hydrogen-bond acceptors (Lipinski definition) is 6. The minimum absolute atomic E-state index is 0.307. The van der Waals surface area contributed by atoms with E-state index in [4.69, 9.17) is 29.0 Å². The van der Waals surface area contributed by atoms with Gasteiger partial charge in [0.15, 0.2) is 5.82 Å². The zero-order valence-corrected chi connectivity index (χ0v) is 10.9. The van der Waals surface area contributed by atoms with Crippen LogP contribution in [0.1, 0.15) is 4.88 Å². The van der Waals surface area contributed by atoms with Gasteiger partial charge in [-0.05, 0) is 12.1 Å². The normalized spacial score (nSPS) is 10.3. The van der Waals surface area contributed by atoms with E-state index in [-0.39, 0.29) is 0 Å². The number of nitrogen functional groups attached to an aromatic ring is 1. The molecule has 0 fully saturated rings. The number of halogens is 2. The summed E-state index contributed by atoms with van der Waals surface area (Å²) in [5, 5.41) is 3.53. The maximum atomic E-state index is 5.95. The number of nitrogens with two attached hydrogens (primary N) is 1. The van der Waals surface area contributed by atoms with Gasteiger partial charge in [-0.3, -0.25) is 5.43 Å². The number of aromatic nitrogens is 2. The van der Waals surface area contributed by atoms with Crippen molar-refractivity contribution in [1.29, 1.82) is 0 Å². The van der Waals surface area contributed by atoms with E-state index < -0.39 is 0 Å². The maximum absolute atomic E-state index is 5.95. The van der Waals surface area contributed by atoms with E-state index in [1.54, 1.807) is 0 Å². The Balaban J connectivity index is 2.07. The Labute approximate surface area is 112 Å². The summed E-state index contributed by atoms with van der Waals surface area (Å²) in [7, 11) is 0. The lowest BCUT2D eigenvalue weighted by Crippen LogP contribution is -2.12. The first kappa shape index (κ1) is 12.4. The molecular formula is C9H9Cl2N5S. The molecule has 0 aliphatic carbocycles. The molecular weight excluding hydrogens is 281 g/mol. The first-order valence-electron chi connectivity index (χ1n) is 4.66. The lowest BCUT2D eigenvalue weighted by atomic mass is 10.4. The molecule has 17 heavy (non-hydrogen) atoms. The topological polar surface area (TPSA) is 75.9 Å². The second-order valence-electron chi connectivity index (χ2n) is 3.09. The molecule has 0 amide bonds. The fourth-order valence-corrected chi connectivity index (χ4v) is 2.36. The monoisotopic (exact) mass is 289 g/mol. The standard InChI is InChI=1S/C9H9Cl2N5S/c10-6-4-14-9(16-12)15-8(6)13-3-5-1-2-7(11)17-5/h1-2,4H,3,12H2,(H2,13,14,15,16). The largest absolute Gasteiger partial charge is 0.364 e. The fraction of sp³-hybridized carbons (Fsp3) is 0.111. The lowest BCUT2D eigenvalue weighted by Gasteiger charge is -2.07. The van der Waals surface area contributed by atoms with E-state index in [1.807, 2.05) is 12.1 Å². The summed E-state index contributed by atoms with van der Waals surface area (Å²) in [5.74, 6) is 6.05. The Morgan fingerprint density at radius 3 is 2.82 bits per heavy atom. The highest BCUT2D eigenvalue weighted by molar-refractivity contribution is 7.16. The van der Waals surface area contributed by atoms with Crippen LogP contribution in [0.4, 0.5) is 11.8 Å². The summed E-state index contributed by atoms with van der Waals surface area (Å²) in [4.78, 5) is 9.06. The van der Waals surface area contributed by atoms with Crippen LogP contribution < -0.4 is 16.6 Å². The average Bonchev–Trinajstić information content (AvgIpc) is 2.74. The molecule has 2 aromatic heterocycles. The predicted molar refractivity (Wildman–Crippen MR) is 71.5 cm³/mol. The maximum Gasteiger partial charge on any atom is 0.239 e. The number of thiophene rings is 1. The first-order chi connectivity index (χ1) is 8.19. The molecule has 0 saturated carbocycles. The summed E-state index contributed by atoms with van der Waals surface area (Å²) in [6.45, 7) is 0.595. The third-order valence-electron chi connectivity index (χ3n) is 1.93. The molecule has 2 rings (SSSR count). The highest BCUT2D eigenvalue weighted by atomic mass is 35.5. The molecule has 2 aromatic rings. The van der Waals surface area contributed by atoms with E-state index in [0.29, 0.717) is 23.3 Å². The van der Waals surface area contributed by atoms with E-state index in [0.717, 1.165) is 9.21 Å². The number of anilines is 2. The molecule has 90 valence electrons. The predicted octanol–water partition coefficient (Wildman–Crippen LogP) is 2.74. The second-order valence-corrected chi connectivity index (χ2v) is 5.30. The highest BCUT2D eigenvalue weighted by Crippen LogP contribution is 2.24. The summed E-state index contributed by atoms with van der Waals surface area (Å²) < 4.78 is 0.750. The highest BCUT2D eigenvalue weighted by Gasteiger charge is 2.05. The summed E-state index contributed by atoms with van der Waals surface area (Å²) in [5.41, 5.74) is 2.36. The molecule has 5 nitrogen and oxygen atoms in total. The lowest BCUT2D eigenvalue weighted by molar-refractivity contribution is 1.08. The Hall–Kier alpha value is -1.08. The number of hydrogen-bond donors (Lipinski definition) is 3. The van der Waals surface area contributed by atoms with Gasteiger partial charge in [0.1, 0.15) is 5.02 Å². The number of nitrogens with one attached hydrogen (secondary N) is 2. The molecule has 0 atom stereocenters. The fourth-order valence-electron chi connectivity index (χ4n) is 1.18. The van der Waals surface area contributed by atoms with Gasteiger partial charge in [-0.25, -0.2) is 10.8 Å². The van der Waals surface area contributed by atoms with Gasteiger partial charge in [0.05, 0.1) is 17.1 Å². The SMILES string of the molecule is NNc1ncc(Cl)c(NCc2ccc(Cl)s2)n1. The van der Waals surface area contributed by atoms with E-state index >= 15 is 0 Å². The van der Waals surface area contributed by atoms with Crippen molar-refractivity contribution in [3.8, 4) is 0 Å². The first-order valence-corrected chi connectivity index (χ1v) is 6.23. The number of hydrazine groups is 1. The minimum Gasteiger partial charge on any atom is -0.364 e. The Kier molecular flexibility index (Phi) is 4.01. The van der Waals surface area contributed by atoms with Crippen LogP contribution in [-0.4, -0.2) is 9.97 Å². The van der Waals surface area contributed by atoms with E-state index in [2.05, 4.69) is 20.7 Å². The van der Waals surface area contributed by atoms with Crippen molar-refractivity contribution in [2.24, 2.45) is 5.84 Å². The van der Waals surface area contributed by atoms with Crippen molar-refractivity contribution in [2.45, 2.75) is 6.54 Å². The van der Waals surface area contributed by atoms with Gasteiger partial charge in [-0.2, -0.15) is 4.98 Å². The molecule has 0 aliphatic rings. The number of nitrogens with zero attached hydrogens (tertiary/aromatic N) is 2. The Bertz CT molecular complexity index is 516. The zero-order chi connectivity index (χ0) is 12.3. The zero-order valence-electron chi connectivity index (χ0n) is 8.58. The Morgan fingerprint density at radius 1 is 1.35 bits per heavy atom. The molecule has 0 unspecified atom stereocenters. The van der Waals surface area contributed by atoms with Crippen LogP contribution in [0, 0.1) is 0 Å². The number of rotatable bonds is 4. The van der Waals surface area contributed by atoms with Gasteiger partial charge in [0, 0.05) is 4.88 Å². The van der Waals surface area contributed by atoms with Crippen LogP contribution in [0.15, 0.2) is 18.3 Å². The smallest absolute Gasteiger partial charge is 0.239 e. The van der Waals surface area contributed by atoms with Crippen molar-refractivity contribution < 1.29 is 0 Å². The van der Waals surface area contributed by atoms with Crippen molar-refractivity contribution in [3.63, 3.8) is 0 Å². The second kappa shape index (κ2) is 5.50. The van der Waals surface area contributed by atoms with Gasteiger partial charge in [-0.15, -0.1) is 11.3 Å². The molecule has 0 spiro atoms. The summed E-state index contributed by atoms with van der Waals surface area (Å²) in [6, 6.07) is 3.79. The molecule has 0 bridgehead atoms. The average molecular weight is 290 g/mol. The van der Waals surface area contributed by atoms with Crippen LogP contribution in [0.3, 0.4) is 0 Å². The van der Waals surface area contributed by atoms with Gasteiger partial charge >= 0.3 is 0 Å². The molecule has 4 N–H and O–H groups in total. The van der Waals surface area contributed by atoms with E-state index in [9.17, 15) is 0 Å². The van der Waals surface area contributed by atoms with Crippen LogP contribution in [0.2, 0.25) is 9.36 Å². The minimum atomic E-state index is 0.307. The van der Waals surface area contributed by atoms with E-state index in [1.165, 1.54) is 17.5 Å². The van der Waals surface area contributed by atoms with Crippen LogP contribution in [0.25, 0.3) is 0 Å². The van der Waals surface area contributed by atoms with Crippen molar-refractivity contribution in [3.05, 3.63) is 32.6 Å². The van der Waals surface area contributed by atoms with Crippen molar-refractivity contribution in [2.75, 3.05) is 10.7 Å². The molecule has 0 saturated heterocycles. The van der Waals surface area contributed by atoms with Gasteiger partial charge in [-0.1, -0.05) is 23.2 Å².